The maximum atomic E-state index is 12.6. The highest BCUT2D eigenvalue weighted by Gasteiger charge is 2.29. The number of benzene rings is 1. The second-order valence-corrected chi connectivity index (χ2v) is 9.33. The summed E-state index contributed by atoms with van der Waals surface area (Å²) in [6, 6.07) is 7.62. The van der Waals surface area contributed by atoms with Crippen molar-refractivity contribution in [2.75, 3.05) is 12.4 Å². The second kappa shape index (κ2) is 6.94. The Kier molecular flexibility index (Phi) is 4.35. The highest BCUT2D eigenvalue weighted by molar-refractivity contribution is 7.17. The maximum Gasteiger partial charge on any atom is 0.295 e. The van der Waals surface area contributed by atoms with Crippen LogP contribution in [0.1, 0.15) is 41.9 Å². The number of H-pyrrole nitrogens is 2. The molecule has 0 unspecified atom stereocenters. The third-order valence-electron chi connectivity index (χ3n) is 5.60. The molecule has 0 aliphatic heterocycles. The number of aromatic amines is 2. The minimum atomic E-state index is -0.238. The van der Waals surface area contributed by atoms with Crippen LogP contribution in [0.5, 0.6) is 5.19 Å². The molecule has 0 atom stereocenters. The van der Waals surface area contributed by atoms with Gasteiger partial charge in [0.25, 0.3) is 11.1 Å². The highest BCUT2D eigenvalue weighted by atomic mass is 32.1. The van der Waals surface area contributed by atoms with E-state index in [4.69, 9.17) is 4.74 Å². The number of methoxy groups -OCH3 is 1. The van der Waals surface area contributed by atoms with Crippen LogP contribution in [-0.4, -0.2) is 38.4 Å². The summed E-state index contributed by atoms with van der Waals surface area (Å²) in [4.78, 5) is 16.0. The van der Waals surface area contributed by atoms with Crippen LogP contribution in [0.15, 0.2) is 24.3 Å². The highest BCUT2D eigenvalue weighted by Crippen LogP contribution is 2.38. The van der Waals surface area contributed by atoms with Gasteiger partial charge in [-0.3, -0.25) is 15.2 Å². The molecule has 0 fully saturated rings. The van der Waals surface area contributed by atoms with Gasteiger partial charge in [0, 0.05) is 27.7 Å². The number of hydrogen-bond acceptors (Lipinski definition) is 6. The number of amides is 1. The summed E-state index contributed by atoms with van der Waals surface area (Å²) in [6.45, 7) is 4.59. The average molecular weight is 423 g/mol. The van der Waals surface area contributed by atoms with Crippen molar-refractivity contribution >= 4 is 33.3 Å². The number of hydrogen-bond donors (Lipinski definition) is 3. The summed E-state index contributed by atoms with van der Waals surface area (Å²) in [6.07, 6.45) is 3.17. The van der Waals surface area contributed by atoms with Gasteiger partial charge in [0.1, 0.15) is 5.69 Å². The summed E-state index contributed by atoms with van der Waals surface area (Å²) in [5.41, 5.74) is 6.28. The molecule has 4 aromatic rings. The molecule has 1 aliphatic rings. The van der Waals surface area contributed by atoms with Crippen molar-refractivity contribution < 1.29 is 9.53 Å². The third kappa shape index (κ3) is 3.35. The van der Waals surface area contributed by atoms with Gasteiger partial charge in [-0.25, -0.2) is 0 Å². The van der Waals surface area contributed by atoms with Gasteiger partial charge >= 0.3 is 0 Å². The lowest BCUT2D eigenvalue weighted by Crippen LogP contribution is -2.21. The first-order valence-electron chi connectivity index (χ1n) is 9.80. The molecule has 3 aromatic heterocycles. The zero-order valence-corrected chi connectivity index (χ0v) is 17.8. The smallest absolute Gasteiger partial charge is 0.295 e. The Balaban J connectivity index is 1.42. The fourth-order valence-corrected chi connectivity index (χ4v) is 4.54. The molecule has 0 spiro atoms. The van der Waals surface area contributed by atoms with E-state index in [-0.39, 0.29) is 5.91 Å². The monoisotopic (exact) mass is 422 g/mol. The van der Waals surface area contributed by atoms with E-state index >= 15 is 0 Å². The van der Waals surface area contributed by atoms with Crippen molar-refractivity contribution in [1.29, 1.82) is 0 Å². The zero-order chi connectivity index (χ0) is 20.9. The molecule has 3 N–H and O–H groups in total. The maximum absolute atomic E-state index is 12.6. The quantitative estimate of drug-likeness (QED) is 0.457. The summed E-state index contributed by atoms with van der Waals surface area (Å²) in [5, 5.41) is 20.1. The Morgan fingerprint density at radius 1 is 1.27 bits per heavy atom. The van der Waals surface area contributed by atoms with Crippen LogP contribution in [0.2, 0.25) is 0 Å². The van der Waals surface area contributed by atoms with Crippen molar-refractivity contribution in [3.05, 3.63) is 41.1 Å². The molecule has 0 saturated heterocycles. The minimum Gasteiger partial charge on any atom is -0.472 e. The summed E-state index contributed by atoms with van der Waals surface area (Å²) in [7, 11) is 1.51. The van der Waals surface area contributed by atoms with E-state index in [1.807, 2.05) is 12.1 Å². The Bertz CT molecular complexity index is 1250. The van der Waals surface area contributed by atoms with Gasteiger partial charge in [0.2, 0.25) is 5.13 Å². The van der Waals surface area contributed by atoms with Gasteiger partial charge < -0.3 is 9.72 Å². The average Bonchev–Trinajstić information content (AvgIpc) is 3.43. The second-order valence-electron chi connectivity index (χ2n) is 8.39. The predicted molar refractivity (Wildman–Crippen MR) is 116 cm³/mol. The van der Waals surface area contributed by atoms with Crippen LogP contribution >= 0.6 is 11.3 Å². The molecule has 5 rings (SSSR count). The molecule has 8 nitrogen and oxygen atoms in total. The number of nitrogens with zero attached hydrogens (tertiary/aromatic N) is 3. The number of nitrogens with one attached hydrogen (secondary N) is 3. The first-order chi connectivity index (χ1) is 14.4. The van der Waals surface area contributed by atoms with Crippen molar-refractivity contribution in [2.24, 2.45) is 5.41 Å². The number of carbonyl (C=O) groups excluding carboxylic acids is 1. The van der Waals surface area contributed by atoms with Crippen LogP contribution in [0, 0.1) is 5.41 Å². The van der Waals surface area contributed by atoms with E-state index in [2.05, 4.69) is 50.6 Å². The topological polar surface area (TPSA) is 109 Å². The van der Waals surface area contributed by atoms with E-state index < -0.39 is 0 Å². The number of carbonyl (C=O) groups is 1. The fraction of sp³-hybridized carbons (Fsp3) is 0.333. The van der Waals surface area contributed by atoms with Gasteiger partial charge in [-0.15, -0.1) is 5.10 Å². The first-order valence-corrected chi connectivity index (χ1v) is 10.6. The largest absolute Gasteiger partial charge is 0.472 e. The van der Waals surface area contributed by atoms with Crippen molar-refractivity contribution in [2.45, 2.75) is 33.1 Å². The molecule has 0 saturated carbocycles. The van der Waals surface area contributed by atoms with Gasteiger partial charge in [-0.05, 0) is 60.3 Å². The van der Waals surface area contributed by atoms with E-state index in [9.17, 15) is 4.79 Å². The zero-order valence-electron chi connectivity index (χ0n) is 17.0. The molecule has 3 heterocycles. The predicted octanol–water partition coefficient (Wildman–Crippen LogP) is 4.19. The number of anilines is 1. The van der Waals surface area contributed by atoms with Crippen LogP contribution in [-0.2, 0) is 12.8 Å². The Labute approximate surface area is 177 Å². The van der Waals surface area contributed by atoms with Crippen LogP contribution in [0.25, 0.3) is 22.3 Å². The van der Waals surface area contributed by atoms with Crippen LogP contribution < -0.4 is 10.1 Å². The van der Waals surface area contributed by atoms with Gasteiger partial charge in [-0.2, -0.15) is 5.10 Å². The first kappa shape index (κ1) is 18.8. The third-order valence-corrected chi connectivity index (χ3v) is 6.40. The summed E-state index contributed by atoms with van der Waals surface area (Å²) < 4.78 is 5.01. The van der Waals surface area contributed by atoms with Gasteiger partial charge in [0.15, 0.2) is 0 Å². The molecule has 154 valence electrons. The lowest BCUT2D eigenvalue weighted by Gasteiger charge is -2.28. The van der Waals surface area contributed by atoms with E-state index in [0.717, 1.165) is 41.6 Å². The molecule has 9 heteroatoms. The molecular formula is C21H22N6O2S. The molecular weight excluding hydrogens is 400 g/mol. The Hall–Kier alpha value is -3.20. The van der Waals surface area contributed by atoms with Crippen molar-refractivity contribution in [3.63, 3.8) is 0 Å². The Morgan fingerprint density at radius 2 is 2.13 bits per heavy atom. The molecule has 1 aliphatic carbocycles. The van der Waals surface area contributed by atoms with Crippen LogP contribution in [0.3, 0.4) is 0 Å². The SMILES string of the molecule is COc1nnc(NC(=O)c2ccc3[nH]c(-c4n[nH]c5c4CCC(C)(C)C5)cc3c2)s1. The van der Waals surface area contributed by atoms with Crippen LogP contribution in [0.4, 0.5) is 5.13 Å². The van der Waals surface area contributed by atoms with Gasteiger partial charge in [0.05, 0.1) is 12.8 Å². The fourth-order valence-electron chi connectivity index (χ4n) is 3.98. The number of fused-ring (bicyclic) bond motifs is 2. The van der Waals surface area contributed by atoms with E-state index in [0.29, 0.717) is 21.3 Å². The number of aromatic nitrogens is 5. The van der Waals surface area contributed by atoms with E-state index in [1.165, 1.54) is 29.7 Å². The van der Waals surface area contributed by atoms with E-state index in [1.54, 1.807) is 6.07 Å². The number of rotatable bonds is 4. The summed E-state index contributed by atoms with van der Waals surface area (Å²) in [5.74, 6) is -0.238. The minimum absolute atomic E-state index is 0.238. The normalized spacial score (nSPS) is 15.2. The molecule has 0 bridgehead atoms. The van der Waals surface area contributed by atoms with Crippen molar-refractivity contribution in [1.82, 2.24) is 25.4 Å². The summed E-state index contributed by atoms with van der Waals surface area (Å²) >= 11 is 1.18. The molecule has 30 heavy (non-hydrogen) atoms. The van der Waals surface area contributed by atoms with Gasteiger partial charge in [-0.1, -0.05) is 18.9 Å². The standard InChI is InChI=1S/C21H22N6O2S/c1-21(2)7-6-13-16(10-21)24-25-17(13)15-9-12-8-11(4-5-14(12)22-15)18(28)23-19-26-27-20(29-3)30-19/h4-5,8-9,22H,6-7,10H2,1-3H3,(H,24,25)(H,23,26,28). The molecule has 0 radical (unpaired) electrons. The van der Waals surface area contributed by atoms with Crippen molar-refractivity contribution in [3.8, 4) is 16.6 Å². The lowest BCUT2D eigenvalue weighted by molar-refractivity contribution is 0.102. The lowest BCUT2D eigenvalue weighted by atomic mass is 9.76. The Morgan fingerprint density at radius 3 is 2.93 bits per heavy atom. The number of ether oxygens (including phenoxy) is 1. The molecule has 1 amide bonds. The molecule has 1 aromatic carbocycles.